The molecule has 144 valence electrons. The van der Waals surface area contributed by atoms with Crippen molar-refractivity contribution in [2.75, 3.05) is 11.4 Å². The number of anilines is 1. The minimum Gasteiger partial charge on any atom is -0.367 e. The van der Waals surface area contributed by atoms with Gasteiger partial charge < -0.3 is 4.90 Å². The highest BCUT2D eigenvalue weighted by Crippen LogP contribution is 2.23. The number of hydrazone groups is 1. The number of hydrogen-bond acceptors (Lipinski definition) is 4. The number of nitrogens with zero attached hydrogens (tertiary/aromatic N) is 3. The molecule has 1 heterocycles. The van der Waals surface area contributed by atoms with Crippen LogP contribution in [0.1, 0.15) is 38.8 Å². The van der Waals surface area contributed by atoms with Crippen LogP contribution in [0.5, 0.6) is 0 Å². The second kappa shape index (κ2) is 8.10. The van der Waals surface area contributed by atoms with Crippen molar-refractivity contribution >= 4 is 23.7 Å². The molecule has 1 aliphatic rings. The van der Waals surface area contributed by atoms with E-state index in [4.69, 9.17) is 0 Å². The summed E-state index contributed by atoms with van der Waals surface area (Å²) in [6.07, 6.45) is 1.54. The van der Waals surface area contributed by atoms with E-state index >= 15 is 0 Å². The van der Waals surface area contributed by atoms with Crippen LogP contribution in [0.25, 0.3) is 0 Å². The van der Waals surface area contributed by atoms with Crippen molar-refractivity contribution in [3.8, 4) is 0 Å². The third-order valence-corrected chi connectivity index (χ3v) is 4.95. The zero-order valence-electron chi connectivity index (χ0n) is 16.2. The molecule has 1 aliphatic heterocycles. The molecule has 0 saturated carbocycles. The first kappa shape index (κ1) is 18.6. The zero-order valence-corrected chi connectivity index (χ0v) is 16.2. The lowest BCUT2D eigenvalue weighted by atomic mass is 10.1. The average Bonchev–Trinajstić information content (AvgIpc) is 3.02. The molecule has 2 amide bonds. The van der Waals surface area contributed by atoms with Crippen LogP contribution >= 0.6 is 0 Å². The maximum atomic E-state index is 12.4. The lowest BCUT2D eigenvalue weighted by molar-refractivity contribution is 0.0660. The molecule has 29 heavy (non-hydrogen) atoms. The van der Waals surface area contributed by atoms with Crippen LogP contribution < -0.4 is 4.90 Å². The molecule has 0 spiro atoms. The van der Waals surface area contributed by atoms with E-state index in [0.717, 1.165) is 29.3 Å². The Morgan fingerprint density at radius 2 is 1.41 bits per heavy atom. The average molecular weight is 383 g/mol. The molecular weight excluding hydrogens is 362 g/mol. The number of benzene rings is 3. The van der Waals surface area contributed by atoms with Crippen LogP contribution in [0.2, 0.25) is 0 Å². The van der Waals surface area contributed by atoms with Crippen LogP contribution in [0.4, 0.5) is 5.69 Å². The Labute approximate surface area is 169 Å². The molecule has 0 N–H and O–H groups in total. The van der Waals surface area contributed by atoms with E-state index < -0.39 is 11.8 Å². The Morgan fingerprint density at radius 3 is 2.00 bits per heavy atom. The molecule has 0 bridgehead atoms. The van der Waals surface area contributed by atoms with Crippen molar-refractivity contribution < 1.29 is 9.59 Å². The molecule has 4 rings (SSSR count). The van der Waals surface area contributed by atoms with Crippen LogP contribution in [0, 0.1) is 0 Å². The summed E-state index contributed by atoms with van der Waals surface area (Å²) in [5.74, 6) is -0.781. The monoisotopic (exact) mass is 383 g/mol. The van der Waals surface area contributed by atoms with Gasteiger partial charge in [0.1, 0.15) is 0 Å². The quantitative estimate of drug-likeness (QED) is 0.470. The van der Waals surface area contributed by atoms with E-state index in [2.05, 4.69) is 29.1 Å². The number of amides is 2. The minimum atomic E-state index is -0.390. The van der Waals surface area contributed by atoms with Crippen molar-refractivity contribution in [3.05, 3.63) is 101 Å². The maximum absolute atomic E-state index is 12.4. The van der Waals surface area contributed by atoms with Crippen molar-refractivity contribution in [2.45, 2.75) is 13.5 Å². The lowest BCUT2D eigenvalue weighted by Crippen LogP contribution is -2.24. The SMILES string of the molecule is CCN(Cc1ccccc1)c1ccc(/C=N\N2C(=O)c3ccccc3C2=O)cc1. The topological polar surface area (TPSA) is 53.0 Å². The van der Waals surface area contributed by atoms with Crippen LogP contribution in [-0.4, -0.2) is 29.6 Å². The highest BCUT2D eigenvalue weighted by atomic mass is 16.2. The third kappa shape index (κ3) is 3.80. The molecule has 0 aliphatic carbocycles. The standard InChI is InChI=1S/C24H21N3O2/c1-2-26(17-19-8-4-3-5-9-19)20-14-12-18(13-15-20)16-25-27-23(28)21-10-6-7-11-22(21)24(27)29/h3-16H,2,17H2,1H3/b25-16-. The largest absolute Gasteiger partial charge is 0.367 e. The fraction of sp³-hybridized carbons (Fsp3) is 0.125. The number of imide groups is 1. The first-order chi connectivity index (χ1) is 14.2. The molecule has 5 heteroatoms. The van der Waals surface area contributed by atoms with Gasteiger partial charge in [-0.1, -0.05) is 54.6 Å². The van der Waals surface area contributed by atoms with Crippen LogP contribution in [0.3, 0.4) is 0 Å². The molecule has 0 aromatic heterocycles. The first-order valence-electron chi connectivity index (χ1n) is 9.58. The van der Waals surface area contributed by atoms with Crippen molar-refractivity contribution in [2.24, 2.45) is 5.10 Å². The van der Waals surface area contributed by atoms with Crippen molar-refractivity contribution in [1.82, 2.24) is 5.01 Å². The summed E-state index contributed by atoms with van der Waals surface area (Å²) in [6, 6.07) is 25.0. The molecular formula is C24H21N3O2. The van der Waals surface area contributed by atoms with Gasteiger partial charge in [-0.05, 0) is 42.3 Å². The van der Waals surface area contributed by atoms with Gasteiger partial charge in [0.2, 0.25) is 0 Å². The highest BCUT2D eigenvalue weighted by molar-refractivity contribution is 6.21. The predicted octanol–water partition coefficient (Wildman–Crippen LogP) is 4.34. The third-order valence-electron chi connectivity index (χ3n) is 4.95. The summed E-state index contributed by atoms with van der Waals surface area (Å²) in [7, 11) is 0. The second-order valence-corrected chi connectivity index (χ2v) is 6.80. The van der Waals surface area contributed by atoms with Crippen molar-refractivity contribution in [1.29, 1.82) is 0 Å². The fourth-order valence-corrected chi connectivity index (χ4v) is 3.37. The summed E-state index contributed by atoms with van der Waals surface area (Å²) in [5, 5.41) is 5.05. The zero-order chi connectivity index (χ0) is 20.2. The fourth-order valence-electron chi connectivity index (χ4n) is 3.37. The molecule has 0 radical (unpaired) electrons. The molecule has 0 saturated heterocycles. The maximum Gasteiger partial charge on any atom is 0.282 e. The summed E-state index contributed by atoms with van der Waals surface area (Å²) in [6.45, 7) is 3.84. The lowest BCUT2D eigenvalue weighted by Gasteiger charge is -2.23. The molecule has 3 aromatic rings. The molecule has 0 unspecified atom stereocenters. The predicted molar refractivity (Wildman–Crippen MR) is 114 cm³/mol. The molecule has 3 aromatic carbocycles. The van der Waals surface area contributed by atoms with E-state index in [-0.39, 0.29) is 0 Å². The van der Waals surface area contributed by atoms with Gasteiger partial charge in [-0.2, -0.15) is 10.1 Å². The van der Waals surface area contributed by atoms with Crippen LogP contribution in [0.15, 0.2) is 84.0 Å². The molecule has 0 atom stereocenters. The minimum absolute atomic E-state index is 0.390. The van der Waals surface area contributed by atoms with Gasteiger partial charge in [0.15, 0.2) is 0 Å². The Bertz CT molecular complexity index is 1020. The van der Waals surface area contributed by atoms with Gasteiger partial charge in [-0.25, -0.2) is 0 Å². The van der Waals surface area contributed by atoms with E-state index in [0.29, 0.717) is 11.1 Å². The van der Waals surface area contributed by atoms with Crippen LogP contribution in [-0.2, 0) is 6.54 Å². The summed E-state index contributed by atoms with van der Waals surface area (Å²) < 4.78 is 0. The summed E-state index contributed by atoms with van der Waals surface area (Å²) in [4.78, 5) is 27.0. The number of carbonyl (C=O) groups excluding carboxylic acids is 2. The van der Waals surface area contributed by atoms with E-state index in [1.165, 1.54) is 5.56 Å². The van der Waals surface area contributed by atoms with E-state index in [9.17, 15) is 9.59 Å². The van der Waals surface area contributed by atoms with E-state index in [1.807, 2.05) is 42.5 Å². The Kier molecular flexibility index (Phi) is 5.20. The van der Waals surface area contributed by atoms with Gasteiger partial charge in [0.05, 0.1) is 17.3 Å². The van der Waals surface area contributed by atoms with Gasteiger partial charge in [-0.3, -0.25) is 9.59 Å². The van der Waals surface area contributed by atoms with Crippen molar-refractivity contribution in [3.63, 3.8) is 0 Å². The molecule has 5 nitrogen and oxygen atoms in total. The normalized spacial score (nSPS) is 13.2. The number of rotatable bonds is 6. The van der Waals surface area contributed by atoms with Gasteiger partial charge >= 0.3 is 0 Å². The number of fused-ring (bicyclic) bond motifs is 1. The second-order valence-electron chi connectivity index (χ2n) is 6.80. The number of hydrogen-bond donors (Lipinski definition) is 0. The summed E-state index contributed by atoms with van der Waals surface area (Å²) in [5.41, 5.74) is 3.97. The Morgan fingerprint density at radius 1 is 0.828 bits per heavy atom. The smallest absolute Gasteiger partial charge is 0.282 e. The van der Waals surface area contributed by atoms with Gasteiger partial charge in [-0.15, -0.1) is 0 Å². The Hall–Kier alpha value is -3.73. The van der Waals surface area contributed by atoms with E-state index in [1.54, 1.807) is 30.5 Å². The molecule has 0 fully saturated rings. The number of carbonyl (C=O) groups is 2. The van der Waals surface area contributed by atoms with Gasteiger partial charge in [0.25, 0.3) is 11.8 Å². The highest BCUT2D eigenvalue weighted by Gasteiger charge is 2.35. The Balaban J connectivity index is 1.47. The summed E-state index contributed by atoms with van der Waals surface area (Å²) >= 11 is 0. The first-order valence-corrected chi connectivity index (χ1v) is 9.58. The van der Waals surface area contributed by atoms with Gasteiger partial charge in [0, 0.05) is 18.8 Å².